The van der Waals surface area contributed by atoms with Crippen LogP contribution in [0.3, 0.4) is 0 Å². The number of urea groups is 1. The number of hydrogen-bond donors (Lipinski definition) is 1. The van der Waals surface area contributed by atoms with E-state index in [2.05, 4.69) is 9.88 Å². The molecule has 0 fully saturated rings. The highest BCUT2D eigenvalue weighted by atomic mass is 19.1. The van der Waals surface area contributed by atoms with E-state index in [0.29, 0.717) is 13.1 Å². The lowest BCUT2D eigenvalue weighted by atomic mass is 10.1. The lowest BCUT2D eigenvalue weighted by Crippen LogP contribution is -2.43. The number of hydrogen-bond acceptors (Lipinski definition) is 1. The van der Waals surface area contributed by atoms with Crippen LogP contribution in [0.5, 0.6) is 0 Å². The predicted octanol–water partition coefficient (Wildman–Crippen LogP) is 3.38. The van der Waals surface area contributed by atoms with Crippen LogP contribution in [0.15, 0.2) is 36.5 Å². The van der Waals surface area contributed by atoms with E-state index in [1.54, 1.807) is 4.90 Å². The summed E-state index contributed by atoms with van der Waals surface area (Å²) in [5, 5.41) is 2.44. The molecule has 3 rings (SSSR count). The fourth-order valence-electron chi connectivity index (χ4n) is 2.64. The maximum Gasteiger partial charge on any atom is 0.322 e. The minimum absolute atomic E-state index is 0.120. The Hall–Kier alpha value is -2.37. The summed E-state index contributed by atoms with van der Waals surface area (Å²) >= 11 is 0. The van der Waals surface area contributed by atoms with E-state index in [-0.39, 0.29) is 11.7 Å². The molecule has 1 aromatic heterocycles. The molecule has 0 bridgehead atoms. The Morgan fingerprint density at radius 1 is 1.29 bits per heavy atom. The first-order valence-corrected chi connectivity index (χ1v) is 6.74. The molecule has 1 aromatic carbocycles. The van der Waals surface area contributed by atoms with E-state index in [9.17, 15) is 13.6 Å². The van der Waals surface area contributed by atoms with Crippen LogP contribution in [-0.4, -0.2) is 22.0 Å². The second-order valence-electron chi connectivity index (χ2n) is 5.05. The van der Waals surface area contributed by atoms with Crippen molar-refractivity contribution in [2.75, 3.05) is 11.9 Å². The number of aromatic nitrogens is 1. The zero-order valence-electron chi connectivity index (χ0n) is 11.5. The van der Waals surface area contributed by atoms with Gasteiger partial charge in [0.2, 0.25) is 0 Å². The summed E-state index contributed by atoms with van der Waals surface area (Å²) in [6.45, 7) is 3.11. The van der Waals surface area contributed by atoms with Crippen LogP contribution in [-0.2, 0) is 6.54 Å². The number of nitrogens with one attached hydrogen (secondary N) is 1. The Bertz CT molecular complexity index is 683. The van der Waals surface area contributed by atoms with Gasteiger partial charge in [0.15, 0.2) is 0 Å². The third kappa shape index (κ3) is 2.49. The van der Waals surface area contributed by atoms with Crippen molar-refractivity contribution in [1.82, 2.24) is 9.47 Å². The Balaban J connectivity index is 1.79. The molecule has 2 aromatic rings. The summed E-state index contributed by atoms with van der Waals surface area (Å²) in [6.07, 6.45) is 1.97. The van der Waals surface area contributed by atoms with Crippen LogP contribution < -0.4 is 5.32 Å². The molecule has 1 aliphatic rings. The molecule has 1 atom stereocenters. The van der Waals surface area contributed by atoms with E-state index in [0.717, 1.165) is 23.9 Å². The smallest absolute Gasteiger partial charge is 0.322 e. The minimum Gasteiger partial charge on any atom is -0.348 e. The lowest BCUT2D eigenvalue weighted by molar-refractivity contribution is 0.175. The number of fused-ring (bicyclic) bond motifs is 1. The maximum absolute atomic E-state index is 13.6. The van der Waals surface area contributed by atoms with Gasteiger partial charge in [-0.3, -0.25) is 0 Å². The molecule has 0 aliphatic carbocycles. The zero-order chi connectivity index (χ0) is 15.0. The molecule has 1 aliphatic heterocycles. The number of halogens is 2. The van der Waals surface area contributed by atoms with Gasteiger partial charge >= 0.3 is 6.03 Å². The first kappa shape index (κ1) is 13.6. The van der Waals surface area contributed by atoms with E-state index in [1.807, 2.05) is 25.3 Å². The predicted molar refractivity (Wildman–Crippen MR) is 74.9 cm³/mol. The second kappa shape index (κ2) is 5.20. The molecule has 0 radical (unpaired) electrons. The molecule has 2 heterocycles. The molecule has 0 saturated carbocycles. The van der Waals surface area contributed by atoms with Gasteiger partial charge in [-0.15, -0.1) is 0 Å². The van der Waals surface area contributed by atoms with E-state index in [4.69, 9.17) is 0 Å². The van der Waals surface area contributed by atoms with Crippen molar-refractivity contribution in [3.8, 4) is 0 Å². The number of amides is 2. The van der Waals surface area contributed by atoms with E-state index >= 15 is 0 Å². The quantitative estimate of drug-likeness (QED) is 0.859. The molecule has 1 N–H and O–H groups in total. The third-order valence-electron chi connectivity index (χ3n) is 3.77. The SMILES string of the molecule is CC1c2cccn2CCN1C(=O)Nc1cc(F)ccc1F. The van der Waals surface area contributed by atoms with Gasteiger partial charge in [0, 0.05) is 31.0 Å². The fourth-order valence-corrected chi connectivity index (χ4v) is 2.64. The van der Waals surface area contributed by atoms with Crippen molar-refractivity contribution < 1.29 is 13.6 Å². The molecule has 0 spiro atoms. The monoisotopic (exact) mass is 291 g/mol. The number of anilines is 1. The molecule has 6 heteroatoms. The van der Waals surface area contributed by atoms with Crippen LogP contribution in [0.2, 0.25) is 0 Å². The van der Waals surface area contributed by atoms with Crippen molar-refractivity contribution in [3.05, 3.63) is 53.9 Å². The minimum atomic E-state index is -0.655. The Morgan fingerprint density at radius 2 is 2.10 bits per heavy atom. The van der Waals surface area contributed by atoms with Crippen molar-refractivity contribution in [2.24, 2.45) is 0 Å². The molecular weight excluding hydrogens is 276 g/mol. The average molecular weight is 291 g/mol. The zero-order valence-corrected chi connectivity index (χ0v) is 11.5. The average Bonchev–Trinajstić information content (AvgIpc) is 2.92. The van der Waals surface area contributed by atoms with Gasteiger partial charge in [-0.2, -0.15) is 0 Å². The highest BCUT2D eigenvalue weighted by Crippen LogP contribution is 2.26. The summed E-state index contributed by atoms with van der Waals surface area (Å²) in [4.78, 5) is 13.9. The first-order valence-electron chi connectivity index (χ1n) is 6.74. The molecule has 1 unspecified atom stereocenters. The summed E-state index contributed by atoms with van der Waals surface area (Å²) in [5.74, 6) is -1.25. The summed E-state index contributed by atoms with van der Waals surface area (Å²) in [7, 11) is 0. The van der Waals surface area contributed by atoms with Gasteiger partial charge in [-0.05, 0) is 31.2 Å². The normalized spacial score (nSPS) is 17.5. The second-order valence-corrected chi connectivity index (χ2v) is 5.05. The third-order valence-corrected chi connectivity index (χ3v) is 3.77. The standard InChI is InChI=1S/C15H15F2N3O/c1-10-14-3-2-6-19(14)7-8-20(10)15(21)18-13-9-11(16)4-5-12(13)17/h2-6,9-10H,7-8H2,1H3,(H,18,21). The van der Waals surface area contributed by atoms with Crippen LogP contribution in [0.1, 0.15) is 18.7 Å². The van der Waals surface area contributed by atoms with Gasteiger partial charge in [0.05, 0.1) is 11.7 Å². The van der Waals surface area contributed by atoms with Crippen LogP contribution >= 0.6 is 0 Å². The molecule has 110 valence electrons. The number of carbonyl (C=O) groups is 1. The van der Waals surface area contributed by atoms with Gasteiger partial charge in [-0.25, -0.2) is 13.6 Å². The highest BCUT2D eigenvalue weighted by molar-refractivity contribution is 5.89. The Labute approximate surface area is 121 Å². The number of benzene rings is 1. The topological polar surface area (TPSA) is 37.3 Å². The van der Waals surface area contributed by atoms with Crippen molar-refractivity contribution >= 4 is 11.7 Å². The van der Waals surface area contributed by atoms with Crippen molar-refractivity contribution in [3.63, 3.8) is 0 Å². The van der Waals surface area contributed by atoms with Crippen molar-refractivity contribution in [2.45, 2.75) is 19.5 Å². The van der Waals surface area contributed by atoms with Gasteiger partial charge < -0.3 is 14.8 Å². The summed E-state index contributed by atoms with van der Waals surface area (Å²) in [6, 6.07) is 6.32. The maximum atomic E-state index is 13.6. The Kier molecular flexibility index (Phi) is 3.37. The highest BCUT2D eigenvalue weighted by Gasteiger charge is 2.27. The number of carbonyl (C=O) groups excluding carboxylic acids is 1. The molecule has 2 amide bonds. The fraction of sp³-hybridized carbons (Fsp3) is 0.267. The summed E-state index contributed by atoms with van der Waals surface area (Å²) in [5.41, 5.74) is 0.879. The number of rotatable bonds is 1. The van der Waals surface area contributed by atoms with Gasteiger partial charge in [-0.1, -0.05) is 0 Å². The van der Waals surface area contributed by atoms with Crippen LogP contribution in [0, 0.1) is 11.6 Å². The number of nitrogens with zero attached hydrogens (tertiary/aromatic N) is 2. The largest absolute Gasteiger partial charge is 0.348 e. The summed E-state index contributed by atoms with van der Waals surface area (Å²) < 4.78 is 28.8. The van der Waals surface area contributed by atoms with Gasteiger partial charge in [0.1, 0.15) is 11.6 Å². The molecule has 21 heavy (non-hydrogen) atoms. The van der Waals surface area contributed by atoms with Crippen LogP contribution in [0.4, 0.5) is 19.3 Å². The molecule has 4 nitrogen and oxygen atoms in total. The molecular formula is C15H15F2N3O. The first-order chi connectivity index (χ1) is 10.1. The van der Waals surface area contributed by atoms with Gasteiger partial charge in [0.25, 0.3) is 0 Å². The Morgan fingerprint density at radius 3 is 2.90 bits per heavy atom. The van der Waals surface area contributed by atoms with Crippen molar-refractivity contribution in [1.29, 1.82) is 0 Å². The van der Waals surface area contributed by atoms with E-state index < -0.39 is 17.7 Å². The lowest BCUT2D eigenvalue weighted by Gasteiger charge is -2.34. The van der Waals surface area contributed by atoms with Crippen LogP contribution in [0.25, 0.3) is 0 Å². The van der Waals surface area contributed by atoms with E-state index in [1.165, 1.54) is 0 Å². The molecule has 0 saturated heterocycles.